The predicted molar refractivity (Wildman–Crippen MR) is 93.9 cm³/mol. The molecule has 0 fully saturated rings. The zero-order valence-electron chi connectivity index (χ0n) is 13.9. The van der Waals surface area contributed by atoms with Crippen LogP contribution in [0.25, 0.3) is 11.3 Å². The summed E-state index contributed by atoms with van der Waals surface area (Å²) in [6.07, 6.45) is 1.47. The number of thiazole rings is 1. The first-order chi connectivity index (χ1) is 11.6. The van der Waals surface area contributed by atoms with Gasteiger partial charge >= 0.3 is 0 Å². The van der Waals surface area contributed by atoms with E-state index in [1.54, 1.807) is 23.3 Å². The lowest BCUT2D eigenvalue weighted by Crippen LogP contribution is -2.26. The van der Waals surface area contributed by atoms with Gasteiger partial charge in [0, 0.05) is 23.9 Å². The third-order valence-electron chi connectivity index (χ3n) is 3.65. The van der Waals surface area contributed by atoms with E-state index in [9.17, 15) is 4.79 Å². The van der Waals surface area contributed by atoms with Crippen LogP contribution < -0.4 is 0 Å². The van der Waals surface area contributed by atoms with Crippen molar-refractivity contribution in [3.63, 3.8) is 0 Å². The topological polar surface area (TPSA) is 59.2 Å². The van der Waals surface area contributed by atoms with Gasteiger partial charge in [-0.25, -0.2) is 4.98 Å². The quantitative estimate of drug-likeness (QED) is 0.698. The Hall–Kier alpha value is -2.47. The molecule has 1 amide bonds. The van der Waals surface area contributed by atoms with Crippen molar-refractivity contribution in [2.24, 2.45) is 0 Å². The van der Waals surface area contributed by atoms with Gasteiger partial charge < -0.3 is 9.42 Å². The summed E-state index contributed by atoms with van der Waals surface area (Å²) < 4.78 is 5.30. The summed E-state index contributed by atoms with van der Waals surface area (Å²) in [6.45, 7) is 4.68. The Kier molecular flexibility index (Phi) is 4.76. The summed E-state index contributed by atoms with van der Waals surface area (Å²) in [5, 5.41) is 6.89. The molecule has 24 heavy (non-hydrogen) atoms. The van der Waals surface area contributed by atoms with Gasteiger partial charge in [0.1, 0.15) is 5.56 Å². The van der Waals surface area contributed by atoms with Crippen LogP contribution in [0.1, 0.15) is 40.8 Å². The lowest BCUT2D eigenvalue weighted by molar-refractivity contribution is 0.0784. The molecule has 0 N–H and O–H groups in total. The third kappa shape index (κ3) is 3.38. The zero-order chi connectivity index (χ0) is 17.1. The Morgan fingerprint density at radius 3 is 2.71 bits per heavy atom. The fraction of sp³-hybridized carbons (Fsp3) is 0.278. The summed E-state index contributed by atoms with van der Waals surface area (Å²) in [6, 6.07) is 9.51. The minimum Gasteiger partial charge on any atom is -0.355 e. The Bertz CT molecular complexity index is 824. The molecule has 0 unspecified atom stereocenters. The van der Waals surface area contributed by atoms with Gasteiger partial charge in [-0.2, -0.15) is 0 Å². The maximum Gasteiger partial charge on any atom is 0.259 e. The summed E-state index contributed by atoms with van der Waals surface area (Å²) in [4.78, 5) is 19.0. The van der Waals surface area contributed by atoms with E-state index in [1.165, 1.54) is 6.20 Å². The molecule has 0 radical (unpaired) electrons. The van der Waals surface area contributed by atoms with E-state index < -0.39 is 0 Å². The van der Waals surface area contributed by atoms with E-state index in [0.717, 1.165) is 16.3 Å². The normalized spacial score (nSPS) is 11.0. The van der Waals surface area contributed by atoms with Gasteiger partial charge in [0.25, 0.3) is 5.91 Å². The van der Waals surface area contributed by atoms with E-state index in [4.69, 9.17) is 4.52 Å². The van der Waals surface area contributed by atoms with Crippen LogP contribution in [0.15, 0.2) is 46.4 Å². The number of aromatic nitrogens is 2. The fourth-order valence-electron chi connectivity index (χ4n) is 2.37. The lowest BCUT2D eigenvalue weighted by atomic mass is 10.1. The smallest absolute Gasteiger partial charge is 0.259 e. The highest BCUT2D eigenvalue weighted by molar-refractivity contribution is 7.09. The molecule has 0 bridgehead atoms. The van der Waals surface area contributed by atoms with Crippen LogP contribution in [0.3, 0.4) is 0 Å². The van der Waals surface area contributed by atoms with Gasteiger partial charge in [-0.15, -0.1) is 11.3 Å². The Balaban J connectivity index is 1.78. The van der Waals surface area contributed by atoms with Crippen molar-refractivity contribution in [3.05, 3.63) is 58.2 Å². The molecule has 3 rings (SSSR count). The number of carbonyl (C=O) groups excluding carboxylic acids is 1. The molecule has 5 nitrogen and oxygen atoms in total. The van der Waals surface area contributed by atoms with Crippen LogP contribution >= 0.6 is 11.3 Å². The second-order valence-electron chi connectivity index (χ2n) is 5.93. The molecule has 6 heteroatoms. The van der Waals surface area contributed by atoms with Crippen LogP contribution in [-0.4, -0.2) is 28.0 Å². The Morgan fingerprint density at radius 1 is 1.29 bits per heavy atom. The molecule has 0 aliphatic rings. The average Bonchev–Trinajstić information content (AvgIpc) is 3.24. The minimum atomic E-state index is -0.130. The summed E-state index contributed by atoms with van der Waals surface area (Å²) in [7, 11) is 1.76. The van der Waals surface area contributed by atoms with Crippen LogP contribution in [0.2, 0.25) is 0 Å². The second kappa shape index (κ2) is 6.97. The van der Waals surface area contributed by atoms with E-state index >= 15 is 0 Å². The molecule has 0 atom stereocenters. The lowest BCUT2D eigenvalue weighted by Gasteiger charge is -2.15. The van der Waals surface area contributed by atoms with Crippen molar-refractivity contribution >= 4 is 17.2 Å². The van der Waals surface area contributed by atoms with Crippen molar-refractivity contribution in [2.75, 3.05) is 7.05 Å². The van der Waals surface area contributed by atoms with Gasteiger partial charge in [0.05, 0.1) is 23.4 Å². The zero-order valence-corrected chi connectivity index (χ0v) is 14.7. The summed E-state index contributed by atoms with van der Waals surface area (Å²) in [5.74, 6) is 0.760. The van der Waals surface area contributed by atoms with Crippen LogP contribution in [0.4, 0.5) is 0 Å². The molecular formula is C18H19N3O2S. The first kappa shape index (κ1) is 16.4. The predicted octanol–water partition coefficient (Wildman–Crippen LogP) is 4.19. The molecule has 0 saturated carbocycles. The molecular weight excluding hydrogens is 322 g/mol. The molecule has 2 heterocycles. The van der Waals surface area contributed by atoms with Crippen molar-refractivity contribution < 1.29 is 9.32 Å². The fourth-order valence-corrected chi connectivity index (χ4v) is 3.20. The Labute approximate surface area is 144 Å². The molecule has 3 aromatic rings. The molecule has 1 aromatic carbocycles. The highest BCUT2D eigenvalue weighted by Gasteiger charge is 2.21. The molecule has 0 spiro atoms. The number of hydrogen-bond acceptors (Lipinski definition) is 5. The molecule has 0 aliphatic heterocycles. The summed E-state index contributed by atoms with van der Waals surface area (Å²) >= 11 is 1.63. The Morgan fingerprint density at radius 2 is 2.04 bits per heavy atom. The SMILES string of the molecule is CC(C)c1nc(CN(C)C(=O)c2cnoc2-c2ccccc2)cs1. The van der Waals surface area contributed by atoms with E-state index in [-0.39, 0.29) is 5.91 Å². The van der Waals surface area contributed by atoms with Gasteiger partial charge in [-0.1, -0.05) is 49.3 Å². The number of amides is 1. The molecule has 0 aliphatic carbocycles. The van der Waals surface area contributed by atoms with E-state index in [1.807, 2.05) is 35.7 Å². The van der Waals surface area contributed by atoms with Crippen molar-refractivity contribution in [1.29, 1.82) is 0 Å². The largest absolute Gasteiger partial charge is 0.355 e. The van der Waals surface area contributed by atoms with Crippen LogP contribution in [0.5, 0.6) is 0 Å². The van der Waals surface area contributed by atoms with Gasteiger partial charge in [0.2, 0.25) is 0 Å². The van der Waals surface area contributed by atoms with E-state index in [2.05, 4.69) is 24.0 Å². The highest BCUT2D eigenvalue weighted by atomic mass is 32.1. The van der Waals surface area contributed by atoms with Crippen molar-refractivity contribution in [1.82, 2.24) is 15.0 Å². The number of carbonyl (C=O) groups is 1. The number of rotatable bonds is 5. The highest BCUT2D eigenvalue weighted by Crippen LogP contribution is 2.25. The number of hydrogen-bond donors (Lipinski definition) is 0. The third-order valence-corrected chi connectivity index (χ3v) is 4.84. The average molecular weight is 341 g/mol. The van der Waals surface area contributed by atoms with Crippen molar-refractivity contribution in [2.45, 2.75) is 26.3 Å². The first-order valence-corrected chi connectivity index (χ1v) is 8.64. The van der Waals surface area contributed by atoms with Gasteiger partial charge in [-0.05, 0) is 0 Å². The van der Waals surface area contributed by atoms with E-state index in [0.29, 0.717) is 23.8 Å². The minimum absolute atomic E-state index is 0.130. The van der Waals surface area contributed by atoms with Gasteiger partial charge in [0.15, 0.2) is 5.76 Å². The molecule has 2 aromatic heterocycles. The second-order valence-corrected chi connectivity index (χ2v) is 6.82. The van der Waals surface area contributed by atoms with Crippen LogP contribution in [-0.2, 0) is 6.54 Å². The van der Waals surface area contributed by atoms with Crippen LogP contribution in [0, 0.1) is 0 Å². The molecule has 124 valence electrons. The van der Waals surface area contributed by atoms with Crippen molar-refractivity contribution in [3.8, 4) is 11.3 Å². The number of nitrogens with zero attached hydrogens (tertiary/aromatic N) is 3. The standard InChI is InChI=1S/C18H19N3O2S/c1-12(2)17-20-14(11-24-17)10-21(3)18(22)15-9-19-23-16(15)13-7-5-4-6-8-13/h4-9,11-12H,10H2,1-3H3. The van der Waals surface area contributed by atoms with Gasteiger partial charge in [-0.3, -0.25) is 4.79 Å². The monoisotopic (exact) mass is 341 g/mol. The molecule has 0 saturated heterocycles. The maximum absolute atomic E-state index is 12.7. The first-order valence-electron chi connectivity index (χ1n) is 7.76. The summed E-state index contributed by atoms with van der Waals surface area (Å²) in [5.41, 5.74) is 2.20. The number of benzene rings is 1. The maximum atomic E-state index is 12.7.